The number of amides is 2. The normalized spacial score (nSPS) is 21.7. The molecule has 0 aliphatic carbocycles. The second-order valence-corrected chi connectivity index (χ2v) is 7.94. The fraction of sp³-hybridized carbons (Fsp3) is 0.476. The fourth-order valence-electron chi connectivity index (χ4n) is 3.59. The molecule has 0 saturated carbocycles. The second kappa shape index (κ2) is 11.4. The number of alkyl halides is 3. The molecule has 2 amide bonds. The van der Waals surface area contributed by atoms with Gasteiger partial charge in [-0.15, -0.1) is 0 Å². The lowest BCUT2D eigenvalue weighted by molar-refractivity contribution is -0.142. The van der Waals surface area contributed by atoms with Crippen molar-refractivity contribution in [2.45, 2.75) is 50.0 Å². The zero-order chi connectivity index (χ0) is 26.5. The first-order valence-corrected chi connectivity index (χ1v) is 10.4. The van der Waals surface area contributed by atoms with Gasteiger partial charge >= 0.3 is 6.18 Å². The predicted octanol–water partition coefficient (Wildman–Crippen LogP) is -1.19. The zero-order valence-corrected chi connectivity index (χ0v) is 18.9. The predicted molar refractivity (Wildman–Crippen MR) is 117 cm³/mol. The number of hydrogen-bond donors (Lipinski definition) is 6. The highest BCUT2D eigenvalue weighted by molar-refractivity contribution is 5.92. The third-order valence-corrected chi connectivity index (χ3v) is 5.18. The number of aliphatic hydroxyl groups is 3. The van der Waals surface area contributed by atoms with Gasteiger partial charge in [-0.3, -0.25) is 9.59 Å². The van der Waals surface area contributed by atoms with Gasteiger partial charge in [-0.05, 0) is 17.7 Å². The first-order chi connectivity index (χ1) is 16.3. The van der Waals surface area contributed by atoms with Crippen molar-refractivity contribution in [3.05, 3.63) is 47.2 Å². The number of nitrogens with zero attached hydrogens (tertiary/aromatic N) is 2. The SMILES string of the molecule is CC(=O)N[C@H]1[C@H]([C@H](O)[C@H](O)CO)OC(C(=O)N(C)Cc2ccccc2C(F)(F)F)=C[C@@H]1N=C(N)N. The summed E-state index contributed by atoms with van der Waals surface area (Å²) in [5, 5.41) is 32.1. The van der Waals surface area contributed by atoms with Crippen LogP contribution in [0.2, 0.25) is 0 Å². The molecular formula is C21H28F3N5O6. The smallest absolute Gasteiger partial charge is 0.416 e. The van der Waals surface area contributed by atoms with E-state index < -0.39 is 78.8 Å². The molecular weight excluding hydrogens is 475 g/mol. The van der Waals surface area contributed by atoms with E-state index in [-0.39, 0.29) is 5.56 Å². The monoisotopic (exact) mass is 503 g/mol. The van der Waals surface area contributed by atoms with Crippen molar-refractivity contribution in [1.82, 2.24) is 10.2 Å². The fourth-order valence-corrected chi connectivity index (χ4v) is 3.59. The van der Waals surface area contributed by atoms with Crippen molar-refractivity contribution < 1.29 is 42.8 Å². The van der Waals surface area contributed by atoms with E-state index in [9.17, 15) is 38.1 Å². The average Bonchev–Trinajstić information content (AvgIpc) is 2.77. The molecule has 2 rings (SSSR count). The van der Waals surface area contributed by atoms with E-state index in [1.165, 1.54) is 25.2 Å². The summed E-state index contributed by atoms with van der Waals surface area (Å²) in [7, 11) is 1.24. The molecule has 14 heteroatoms. The van der Waals surface area contributed by atoms with Gasteiger partial charge in [0.25, 0.3) is 5.91 Å². The highest BCUT2D eigenvalue weighted by Crippen LogP contribution is 2.33. The van der Waals surface area contributed by atoms with Gasteiger partial charge in [-0.2, -0.15) is 13.2 Å². The van der Waals surface area contributed by atoms with Gasteiger partial charge < -0.3 is 41.7 Å². The van der Waals surface area contributed by atoms with E-state index in [4.69, 9.17) is 16.2 Å². The Morgan fingerprint density at radius 3 is 2.43 bits per heavy atom. The molecule has 8 N–H and O–H groups in total. The van der Waals surface area contributed by atoms with Gasteiger partial charge in [0, 0.05) is 20.5 Å². The number of benzene rings is 1. The summed E-state index contributed by atoms with van der Waals surface area (Å²) in [6.45, 7) is -0.152. The highest BCUT2D eigenvalue weighted by atomic mass is 19.4. The number of carbonyl (C=O) groups excluding carboxylic acids is 2. The molecule has 1 aromatic carbocycles. The lowest BCUT2D eigenvalue weighted by atomic mass is 9.92. The number of aliphatic imine (C=N–C) groups is 1. The third kappa shape index (κ3) is 7.07. The first-order valence-electron chi connectivity index (χ1n) is 10.4. The molecule has 0 unspecified atom stereocenters. The van der Waals surface area contributed by atoms with Crippen LogP contribution in [0.25, 0.3) is 0 Å². The molecule has 35 heavy (non-hydrogen) atoms. The summed E-state index contributed by atoms with van der Waals surface area (Å²) in [6.07, 6.45) is -8.53. The van der Waals surface area contributed by atoms with Crippen LogP contribution in [0.4, 0.5) is 13.2 Å². The van der Waals surface area contributed by atoms with Gasteiger partial charge in [-0.1, -0.05) is 18.2 Å². The molecule has 1 aliphatic rings. The Labute approximate surface area is 198 Å². The molecule has 0 aromatic heterocycles. The maximum absolute atomic E-state index is 13.3. The number of nitrogens with one attached hydrogen (secondary N) is 1. The first kappa shape index (κ1) is 27.9. The van der Waals surface area contributed by atoms with Crippen molar-refractivity contribution in [2.24, 2.45) is 16.5 Å². The van der Waals surface area contributed by atoms with Gasteiger partial charge in [0.2, 0.25) is 5.91 Å². The maximum Gasteiger partial charge on any atom is 0.416 e. The Morgan fingerprint density at radius 1 is 1.26 bits per heavy atom. The number of rotatable bonds is 8. The molecule has 11 nitrogen and oxygen atoms in total. The number of nitrogens with two attached hydrogens (primary N) is 2. The van der Waals surface area contributed by atoms with E-state index in [1.54, 1.807) is 0 Å². The molecule has 0 fully saturated rings. The van der Waals surface area contributed by atoms with Crippen LogP contribution in [0.15, 0.2) is 41.1 Å². The Hall–Kier alpha value is -3.36. The molecule has 1 aliphatic heterocycles. The van der Waals surface area contributed by atoms with E-state index in [0.717, 1.165) is 24.0 Å². The lowest BCUT2D eigenvalue weighted by Crippen LogP contribution is -2.60. The van der Waals surface area contributed by atoms with Crippen molar-refractivity contribution in [1.29, 1.82) is 0 Å². The Kier molecular flexibility index (Phi) is 9.06. The Morgan fingerprint density at radius 2 is 1.89 bits per heavy atom. The number of carbonyl (C=O) groups is 2. The summed E-state index contributed by atoms with van der Waals surface area (Å²) in [6, 6.07) is 2.41. The Bertz CT molecular complexity index is 982. The number of guanidine groups is 1. The van der Waals surface area contributed by atoms with Crippen LogP contribution >= 0.6 is 0 Å². The molecule has 0 bridgehead atoms. The lowest BCUT2D eigenvalue weighted by Gasteiger charge is -2.39. The van der Waals surface area contributed by atoms with Crippen LogP contribution in [0.1, 0.15) is 18.1 Å². The standard InChI is InChI=1S/C21H28F3N5O6/c1-10(31)27-16-13(28-20(25)26)7-15(35-18(16)17(33)14(32)9-30)19(34)29(2)8-11-5-3-4-6-12(11)21(22,23)24/h3-7,13-14,16-18,30,32-33H,8-9H2,1-2H3,(H,27,31)(H4,25,26,28)/t13-,14+,16+,17+,18+/m0/s1. The minimum Gasteiger partial charge on any atom is -0.480 e. The summed E-state index contributed by atoms with van der Waals surface area (Å²) in [4.78, 5) is 29.7. The molecule has 0 radical (unpaired) electrons. The molecule has 0 saturated heterocycles. The van der Waals surface area contributed by atoms with E-state index >= 15 is 0 Å². The minimum atomic E-state index is -4.64. The third-order valence-electron chi connectivity index (χ3n) is 5.18. The van der Waals surface area contributed by atoms with Crippen molar-refractivity contribution in [2.75, 3.05) is 13.7 Å². The Balaban J connectivity index is 2.43. The van der Waals surface area contributed by atoms with E-state index in [2.05, 4.69) is 10.3 Å². The van der Waals surface area contributed by atoms with E-state index in [0.29, 0.717) is 0 Å². The van der Waals surface area contributed by atoms with Crippen LogP contribution in [0.3, 0.4) is 0 Å². The largest absolute Gasteiger partial charge is 0.480 e. The summed E-state index contributed by atoms with van der Waals surface area (Å²) < 4.78 is 45.6. The van der Waals surface area contributed by atoms with E-state index in [1.807, 2.05) is 0 Å². The number of hydrogen-bond acceptors (Lipinski definition) is 7. The second-order valence-electron chi connectivity index (χ2n) is 7.94. The average molecular weight is 503 g/mol. The van der Waals surface area contributed by atoms with Crippen LogP contribution in [0, 0.1) is 0 Å². The number of halogens is 3. The number of likely N-dealkylation sites (N-methyl/N-ethyl adjacent to an activating group) is 1. The van der Waals surface area contributed by atoms with Crippen LogP contribution in [0.5, 0.6) is 0 Å². The van der Waals surface area contributed by atoms with Crippen LogP contribution < -0.4 is 16.8 Å². The van der Waals surface area contributed by atoms with Gasteiger partial charge in [0.05, 0.1) is 24.3 Å². The highest BCUT2D eigenvalue weighted by Gasteiger charge is 2.44. The molecule has 194 valence electrons. The molecule has 1 aromatic rings. The summed E-state index contributed by atoms with van der Waals surface area (Å²) >= 11 is 0. The van der Waals surface area contributed by atoms with Crippen molar-refractivity contribution >= 4 is 17.8 Å². The quantitative estimate of drug-likeness (QED) is 0.189. The molecule has 0 spiro atoms. The van der Waals surface area contributed by atoms with Gasteiger partial charge in [0.1, 0.15) is 18.3 Å². The summed E-state index contributed by atoms with van der Waals surface area (Å²) in [5.41, 5.74) is 9.83. The maximum atomic E-state index is 13.3. The van der Waals surface area contributed by atoms with Crippen molar-refractivity contribution in [3.8, 4) is 0 Å². The number of aliphatic hydroxyl groups excluding tert-OH is 3. The van der Waals surface area contributed by atoms with Gasteiger partial charge in [0.15, 0.2) is 11.7 Å². The zero-order valence-electron chi connectivity index (χ0n) is 18.9. The topological polar surface area (TPSA) is 184 Å². The number of ether oxygens (including phenoxy) is 1. The summed E-state index contributed by atoms with van der Waals surface area (Å²) in [5.74, 6) is -2.33. The van der Waals surface area contributed by atoms with Crippen molar-refractivity contribution in [3.63, 3.8) is 0 Å². The minimum absolute atomic E-state index is 0.170. The van der Waals surface area contributed by atoms with Crippen LogP contribution in [-0.4, -0.2) is 82.0 Å². The van der Waals surface area contributed by atoms with Gasteiger partial charge in [-0.25, -0.2) is 4.99 Å². The molecule has 1 heterocycles. The molecule has 5 atom stereocenters. The van der Waals surface area contributed by atoms with Crippen LogP contribution in [-0.2, 0) is 27.0 Å².